The number of amides is 1. The summed E-state index contributed by atoms with van der Waals surface area (Å²) in [5.74, 6) is -0.541. The molecular formula is C14H15BrN2O2. The molecule has 1 heterocycles. The first kappa shape index (κ1) is 13.9. The number of rotatable bonds is 3. The molecule has 1 amide bonds. The summed E-state index contributed by atoms with van der Waals surface area (Å²) in [7, 11) is 0. The Labute approximate surface area is 120 Å². The highest BCUT2D eigenvalue weighted by atomic mass is 79.9. The average Bonchev–Trinajstić information content (AvgIpc) is 2.57. The first-order valence-corrected chi connectivity index (χ1v) is 6.84. The van der Waals surface area contributed by atoms with E-state index in [1.54, 1.807) is 6.92 Å². The molecule has 0 spiro atoms. The zero-order valence-electron chi connectivity index (χ0n) is 11.1. The lowest BCUT2D eigenvalue weighted by molar-refractivity contribution is -0.124. The second kappa shape index (κ2) is 5.25. The van der Waals surface area contributed by atoms with Crippen molar-refractivity contribution in [1.82, 2.24) is 0 Å². The standard InChI is InChI=1S/C14H15BrN2O2/c1-8-6-11(15)4-5-13(8)17-14(19)12(7-9(2)18)10(3)16-17/h4-6,12H,7H2,1-3H3. The number of hydrazone groups is 1. The van der Waals surface area contributed by atoms with E-state index in [2.05, 4.69) is 21.0 Å². The molecule has 0 fully saturated rings. The Balaban J connectivity index is 2.33. The van der Waals surface area contributed by atoms with Crippen LogP contribution in [0.25, 0.3) is 0 Å². The lowest BCUT2D eigenvalue weighted by atomic mass is 9.98. The highest BCUT2D eigenvalue weighted by molar-refractivity contribution is 9.10. The van der Waals surface area contributed by atoms with Crippen LogP contribution >= 0.6 is 15.9 Å². The highest BCUT2D eigenvalue weighted by Crippen LogP contribution is 2.30. The largest absolute Gasteiger partial charge is 0.300 e. The number of Topliss-reactive ketones (excluding diaryl/α,β-unsaturated/α-hetero) is 1. The summed E-state index contributed by atoms with van der Waals surface area (Å²) in [4.78, 5) is 23.6. The number of benzene rings is 1. The molecule has 1 aromatic carbocycles. The molecule has 1 aliphatic rings. The molecule has 100 valence electrons. The van der Waals surface area contributed by atoms with Gasteiger partial charge in [-0.25, -0.2) is 0 Å². The van der Waals surface area contributed by atoms with E-state index < -0.39 is 5.92 Å². The van der Waals surface area contributed by atoms with Gasteiger partial charge in [0, 0.05) is 16.6 Å². The molecule has 0 saturated heterocycles. The van der Waals surface area contributed by atoms with Gasteiger partial charge in [-0.15, -0.1) is 0 Å². The van der Waals surface area contributed by atoms with Gasteiger partial charge in [0.25, 0.3) is 5.91 Å². The van der Waals surface area contributed by atoms with Crippen molar-refractivity contribution in [2.75, 3.05) is 5.01 Å². The molecule has 0 aliphatic carbocycles. The lowest BCUT2D eigenvalue weighted by Crippen LogP contribution is -2.28. The Morgan fingerprint density at radius 3 is 2.68 bits per heavy atom. The van der Waals surface area contributed by atoms with Crippen LogP contribution in [0.4, 0.5) is 5.69 Å². The molecule has 1 aliphatic heterocycles. The minimum Gasteiger partial charge on any atom is -0.300 e. The first-order valence-electron chi connectivity index (χ1n) is 6.05. The molecule has 0 aromatic heterocycles. The Kier molecular flexibility index (Phi) is 3.85. The van der Waals surface area contributed by atoms with Crippen molar-refractivity contribution in [3.05, 3.63) is 28.2 Å². The van der Waals surface area contributed by atoms with Crippen LogP contribution in [0, 0.1) is 12.8 Å². The third-order valence-electron chi connectivity index (χ3n) is 3.15. The Morgan fingerprint density at radius 1 is 1.42 bits per heavy atom. The maximum atomic E-state index is 12.3. The molecule has 0 N–H and O–H groups in total. The fraction of sp³-hybridized carbons (Fsp3) is 0.357. The van der Waals surface area contributed by atoms with Gasteiger partial charge in [-0.3, -0.25) is 9.59 Å². The van der Waals surface area contributed by atoms with E-state index in [9.17, 15) is 9.59 Å². The van der Waals surface area contributed by atoms with E-state index in [4.69, 9.17) is 0 Å². The monoisotopic (exact) mass is 322 g/mol. The predicted octanol–water partition coefficient (Wildman–Crippen LogP) is 3.08. The van der Waals surface area contributed by atoms with E-state index in [-0.39, 0.29) is 18.1 Å². The van der Waals surface area contributed by atoms with Gasteiger partial charge in [-0.2, -0.15) is 10.1 Å². The molecule has 0 saturated carbocycles. The second-order valence-corrected chi connectivity index (χ2v) is 5.70. The van der Waals surface area contributed by atoms with Crippen molar-refractivity contribution < 1.29 is 9.59 Å². The fourth-order valence-electron chi connectivity index (χ4n) is 2.15. The van der Waals surface area contributed by atoms with Crippen LogP contribution in [0.2, 0.25) is 0 Å². The predicted molar refractivity (Wildman–Crippen MR) is 78.3 cm³/mol. The SMILES string of the molecule is CC(=O)CC1C(=O)N(c2ccc(Br)cc2C)N=C1C. The molecule has 1 aromatic rings. The summed E-state index contributed by atoms with van der Waals surface area (Å²) in [6.45, 7) is 5.21. The van der Waals surface area contributed by atoms with E-state index in [0.29, 0.717) is 5.71 Å². The number of hydrogen-bond acceptors (Lipinski definition) is 3. The van der Waals surface area contributed by atoms with Gasteiger partial charge in [-0.05, 0) is 44.5 Å². The molecule has 19 heavy (non-hydrogen) atoms. The van der Waals surface area contributed by atoms with E-state index in [1.807, 2.05) is 25.1 Å². The lowest BCUT2D eigenvalue weighted by Gasteiger charge is -2.16. The van der Waals surface area contributed by atoms with Crippen molar-refractivity contribution in [2.45, 2.75) is 27.2 Å². The van der Waals surface area contributed by atoms with Gasteiger partial charge in [0.15, 0.2) is 0 Å². The summed E-state index contributed by atoms with van der Waals surface area (Å²) < 4.78 is 0.960. The molecule has 0 radical (unpaired) electrons. The molecule has 4 nitrogen and oxygen atoms in total. The van der Waals surface area contributed by atoms with E-state index >= 15 is 0 Å². The second-order valence-electron chi connectivity index (χ2n) is 4.78. The maximum absolute atomic E-state index is 12.3. The number of carbonyl (C=O) groups is 2. The van der Waals surface area contributed by atoms with Gasteiger partial charge in [-0.1, -0.05) is 15.9 Å². The molecular weight excluding hydrogens is 308 g/mol. The van der Waals surface area contributed by atoms with Crippen molar-refractivity contribution in [3.8, 4) is 0 Å². The number of nitrogens with zero attached hydrogens (tertiary/aromatic N) is 2. The fourth-order valence-corrected chi connectivity index (χ4v) is 2.63. The van der Waals surface area contributed by atoms with Crippen LogP contribution < -0.4 is 5.01 Å². The number of halogens is 1. The third kappa shape index (κ3) is 2.76. The van der Waals surface area contributed by atoms with E-state index in [0.717, 1.165) is 15.7 Å². The molecule has 1 atom stereocenters. The third-order valence-corrected chi connectivity index (χ3v) is 3.64. The number of carbonyl (C=O) groups excluding carboxylic acids is 2. The number of ketones is 1. The summed E-state index contributed by atoms with van der Waals surface area (Å²) >= 11 is 3.39. The topological polar surface area (TPSA) is 49.7 Å². The molecule has 2 rings (SSSR count). The summed E-state index contributed by atoms with van der Waals surface area (Å²) in [5.41, 5.74) is 2.42. The minimum absolute atomic E-state index is 0.00211. The minimum atomic E-state index is -0.416. The van der Waals surface area contributed by atoms with Crippen LogP contribution in [-0.4, -0.2) is 17.4 Å². The van der Waals surface area contributed by atoms with Crippen molar-refractivity contribution in [2.24, 2.45) is 11.0 Å². The normalized spacial score (nSPS) is 18.7. The number of aryl methyl sites for hydroxylation is 1. The Morgan fingerprint density at radius 2 is 2.11 bits per heavy atom. The zero-order valence-corrected chi connectivity index (χ0v) is 12.7. The van der Waals surface area contributed by atoms with Crippen LogP contribution in [0.3, 0.4) is 0 Å². The van der Waals surface area contributed by atoms with Crippen molar-refractivity contribution >= 4 is 39.0 Å². The summed E-state index contributed by atoms with van der Waals surface area (Å²) in [6.07, 6.45) is 0.222. The molecule has 1 unspecified atom stereocenters. The van der Waals surface area contributed by atoms with Gasteiger partial charge < -0.3 is 0 Å². The van der Waals surface area contributed by atoms with Crippen molar-refractivity contribution in [1.29, 1.82) is 0 Å². The summed E-state index contributed by atoms with van der Waals surface area (Å²) in [6, 6.07) is 5.66. The maximum Gasteiger partial charge on any atom is 0.256 e. The Bertz CT molecular complexity index is 581. The highest BCUT2D eigenvalue weighted by Gasteiger charge is 2.35. The van der Waals surface area contributed by atoms with Crippen LogP contribution in [0.15, 0.2) is 27.8 Å². The number of hydrogen-bond donors (Lipinski definition) is 0. The Hall–Kier alpha value is -1.49. The van der Waals surface area contributed by atoms with Gasteiger partial charge in [0.05, 0.1) is 11.6 Å². The van der Waals surface area contributed by atoms with Gasteiger partial charge >= 0.3 is 0 Å². The van der Waals surface area contributed by atoms with E-state index in [1.165, 1.54) is 11.9 Å². The average molecular weight is 323 g/mol. The quantitative estimate of drug-likeness (QED) is 0.858. The number of anilines is 1. The van der Waals surface area contributed by atoms with Gasteiger partial charge in [0.1, 0.15) is 5.78 Å². The smallest absolute Gasteiger partial charge is 0.256 e. The van der Waals surface area contributed by atoms with Crippen molar-refractivity contribution in [3.63, 3.8) is 0 Å². The molecule has 0 bridgehead atoms. The zero-order chi connectivity index (χ0) is 14.2. The van der Waals surface area contributed by atoms with Crippen LogP contribution in [0.1, 0.15) is 25.8 Å². The van der Waals surface area contributed by atoms with Crippen LogP contribution in [-0.2, 0) is 9.59 Å². The van der Waals surface area contributed by atoms with Gasteiger partial charge in [0.2, 0.25) is 0 Å². The molecule has 5 heteroatoms. The van der Waals surface area contributed by atoms with Crippen LogP contribution in [0.5, 0.6) is 0 Å². The first-order chi connectivity index (χ1) is 8.90. The summed E-state index contributed by atoms with van der Waals surface area (Å²) in [5, 5.41) is 5.71.